The van der Waals surface area contributed by atoms with Crippen LogP contribution >= 0.6 is 0 Å². The summed E-state index contributed by atoms with van der Waals surface area (Å²) < 4.78 is 79.2. The van der Waals surface area contributed by atoms with E-state index in [0.29, 0.717) is 31.5 Å². The molecule has 1 aromatic carbocycles. The van der Waals surface area contributed by atoms with E-state index in [0.717, 1.165) is 31.4 Å². The van der Waals surface area contributed by atoms with Crippen molar-refractivity contribution in [3.05, 3.63) is 47.5 Å². The van der Waals surface area contributed by atoms with E-state index in [9.17, 15) is 21.6 Å². The van der Waals surface area contributed by atoms with Crippen LogP contribution in [0.15, 0.2) is 30.6 Å². The average molecular weight is 514 g/mol. The van der Waals surface area contributed by atoms with Gasteiger partial charge in [0.25, 0.3) is 0 Å². The van der Waals surface area contributed by atoms with E-state index in [-0.39, 0.29) is 35.7 Å². The number of nitrogens with one attached hydrogen (secondary N) is 1. The highest BCUT2D eigenvalue weighted by Crippen LogP contribution is 2.55. The molecule has 1 N–H and O–H groups in total. The molecule has 35 heavy (non-hydrogen) atoms. The van der Waals surface area contributed by atoms with Crippen LogP contribution in [0.5, 0.6) is 0 Å². The molecule has 1 atom stereocenters. The molecule has 0 amide bonds. The molecule has 0 radical (unpaired) electrons. The molecule has 1 aliphatic heterocycles. The van der Waals surface area contributed by atoms with Crippen LogP contribution in [0.1, 0.15) is 43.2 Å². The highest BCUT2D eigenvalue weighted by Gasteiger charge is 2.56. The second-order valence-electron chi connectivity index (χ2n) is 9.84. The Bertz CT molecular complexity index is 1190. The summed E-state index contributed by atoms with van der Waals surface area (Å²) in [5.74, 6) is -0.353. The summed E-state index contributed by atoms with van der Waals surface area (Å²) in [6, 6.07) is 4.96. The second kappa shape index (κ2) is 8.58. The molecule has 7 nitrogen and oxygen atoms in total. The first-order valence-electron chi connectivity index (χ1n) is 11.6. The molecule has 0 bridgehead atoms. The minimum absolute atomic E-state index is 0.00532. The fourth-order valence-corrected chi connectivity index (χ4v) is 5.80. The molecule has 5 rings (SSSR count). The maximum absolute atomic E-state index is 15.5. The molecular weight excluding hydrogens is 486 g/mol. The van der Waals surface area contributed by atoms with Crippen molar-refractivity contribution in [1.29, 1.82) is 0 Å². The number of rotatable bonds is 7. The van der Waals surface area contributed by atoms with Gasteiger partial charge in [-0.25, -0.2) is 22.7 Å². The molecule has 2 heterocycles. The van der Waals surface area contributed by atoms with Crippen molar-refractivity contribution < 1.29 is 26.0 Å². The molecule has 2 aromatic rings. The molecule has 12 heteroatoms. The highest BCUT2D eigenvalue weighted by molar-refractivity contribution is 7.88. The fourth-order valence-electron chi connectivity index (χ4n) is 4.95. The summed E-state index contributed by atoms with van der Waals surface area (Å²) >= 11 is 0. The smallest absolute Gasteiger partial charge is 0.364 e. The van der Waals surface area contributed by atoms with Crippen molar-refractivity contribution >= 4 is 21.7 Å². The van der Waals surface area contributed by atoms with E-state index in [1.165, 1.54) is 29.0 Å². The van der Waals surface area contributed by atoms with Crippen LogP contribution < -0.4 is 10.2 Å². The zero-order valence-electron chi connectivity index (χ0n) is 19.2. The van der Waals surface area contributed by atoms with Crippen LogP contribution in [-0.4, -0.2) is 54.1 Å². The van der Waals surface area contributed by atoms with Crippen LogP contribution in [0.25, 0.3) is 0 Å². The Balaban J connectivity index is 1.29. The topological polar surface area (TPSA) is 78.4 Å². The molecule has 2 saturated carbocycles. The van der Waals surface area contributed by atoms with Crippen molar-refractivity contribution in [2.24, 2.45) is 5.41 Å². The molecule has 2 aliphatic carbocycles. The number of aromatic nitrogens is 2. The lowest BCUT2D eigenvalue weighted by Crippen LogP contribution is -2.39. The number of alkyl halides is 3. The number of hydrogen-bond acceptors (Lipinski definition) is 6. The predicted octanol–water partition coefficient (Wildman–Crippen LogP) is 4.03. The summed E-state index contributed by atoms with van der Waals surface area (Å²) in [4.78, 5) is 10.1. The SMILES string of the molecule is CS(=O)(=O)N1CCC2(CC1)CC2Nc1ncnc(N(Cc2ccc(C(F)(F)F)cc2)C2CC2)c1F. The Labute approximate surface area is 201 Å². The lowest BCUT2D eigenvalue weighted by atomic mass is 9.94. The number of hydrogen-bond donors (Lipinski definition) is 1. The van der Waals surface area contributed by atoms with Crippen LogP contribution in [0, 0.1) is 11.2 Å². The van der Waals surface area contributed by atoms with E-state index in [4.69, 9.17) is 0 Å². The quantitative estimate of drug-likeness (QED) is 0.564. The van der Waals surface area contributed by atoms with Crippen molar-refractivity contribution in [1.82, 2.24) is 14.3 Å². The molecule has 1 saturated heterocycles. The van der Waals surface area contributed by atoms with E-state index >= 15 is 4.39 Å². The van der Waals surface area contributed by atoms with Crippen LogP contribution in [-0.2, 0) is 22.7 Å². The van der Waals surface area contributed by atoms with Gasteiger partial charge in [0.05, 0.1) is 11.8 Å². The number of anilines is 2. The largest absolute Gasteiger partial charge is 0.416 e. The van der Waals surface area contributed by atoms with Gasteiger partial charge in [0.1, 0.15) is 6.33 Å². The predicted molar refractivity (Wildman–Crippen MR) is 123 cm³/mol. The van der Waals surface area contributed by atoms with Gasteiger partial charge in [-0.1, -0.05) is 12.1 Å². The van der Waals surface area contributed by atoms with Gasteiger partial charge in [-0.05, 0) is 55.2 Å². The third-order valence-corrected chi connectivity index (χ3v) is 8.66. The minimum Gasteiger partial charge on any atom is -0.364 e. The van der Waals surface area contributed by atoms with Crippen molar-refractivity contribution in [2.45, 2.75) is 56.9 Å². The van der Waals surface area contributed by atoms with Gasteiger partial charge in [-0.3, -0.25) is 0 Å². The van der Waals surface area contributed by atoms with Crippen LogP contribution in [0.3, 0.4) is 0 Å². The van der Waals surface area contributed by atoms with Gasteiger partial charge in [0.15, 0.2) is 11.6 Å². The van der Waals surface area contributed by atoms with Gasteiger partial charge in [-0.2, -0.15) is 17.6 Å². The van der Waals surface area contributed by atoms with Crippen molar-refractivity contribution in [3.63, 3.8) is 0 Å². The lowest BCUT2D eigenvalue weighted by molar-refractivity contribution is -0.137. The van der Waals surface area contributed by atoms with Crippen molar-refractivity contribution in [2.75, 3.05) is 29.6 Å². The zero-order valence-corrected chi connectivity index (χ0v) is 20.0. The molecule has 1 spiro atoms. The summed E-state index contributed by atoms with van der Waals surface area (Å²) in [7, 11) is -3.21. The van der Waals surface area contributed by atoms with E-state index in [1.54, 1.807) is 4.90 Å². The third kappa shape index (κ3) is 5.09. The Morgan fingerprint density at radius 3 is 2.37 bits per heavy atom. The molecule has 3 fully saturated rings. The molecule has 1 aromatic heterocycles. The van der Waals surface area contributed by atoms with Gasteiger partial charge < -0.3 is 10.2 Å². The second-order valence-corrected chi connectivity index (χ2v) is 11.8. The van der Waals surface area contributed by atoms with Gasteiger partial charge >= 0.3 is 6.18 Å². The van der Waals surface area contributed by atoms with E-state index < -0.39 is 27.6 Å². The third-order valence-electron chi connectivity index (χ3n) is 7.35. The maximum Gasteiger partial charge on any atom is 0.416 e. The lowest BCUT2D eigenvalue weighted by Gasteiger charge is -2.31. The fraction of sp³-hybridized carbons (Fsp3) is 0.565. The Morgan fingerprint density at radius 2 is 1.80 bits per heavy atom. The van der Waals surface area contributed by atoms with E-state index in [1.807, 2.05) is 0 Å². The average Bonchev–Trinajstić information content (AvgIpc) is 3.72. The summed E-state index contributed by atoms with van der Waals surface area (Å²) in [6.07, 6.45) is 2.05. The normalized spacial score (nSPS) is 22.3. The summed E-state index contributed by atoms with van der Waals surface area (Å²) in [6.45, 7) is 1.15. The number of benzene rings is 1. The Kier molecular flexibility index (Phi) is 5.94. The number of piperidine rings is 1. The minimum atomic E-state index is -4.41. The standard InChI is InChI=1S/C23H27F4N5O2S/c1-35(33,34)31-10-8-22(9-11-31)12-18(22)30-20-19(24)21(29-14-28-20)32(17-6-7-17)13-15-2-4-16(5-3-15)23(25,26)27/h2-5,14,17-18H,6-13H2,1H3,(H,28,29,30). The summed E-state index contributed by atoms with van der Waals surface area (Å²) in [5, 5.41) is 3.20. The molecule has 1 unspecified atom stereocenters. The van der Waals surface area contributed by atoms with Gasteiger partial charge in [0, 0.05) is 31.7 Å². The molecular formula is C23H27F4N5O2S. The van der Waals surface area contributed by atoms with Crippen LogP contribution in [0.4, 0.5) is 29.2 Å². The maximum atomic E-state index is 15.5. The highest BCUT2D eigenvalue weighted by atomic mass is 32.2. The number of sulfonamides is 1. The molecule has 3 aliphatic rings. The first-order valence-corrected chi connectivity index (χ1v) is 13.5. The zero-order chi connectivity index (χ0) is 25.0. The summed E-state index contributed by atoms with van der Waals surface area (Å²) in [5.41, 5.74) is -0.148. The van der Waals surface area contributed by atoms with Gasteiger partial charge in [0.2, 0.25) is 15.8 Å². The Hall–Kier alpha value is -2.47. The van der Waals surface area contributed by atoms with Crippen LogP contribution in [0.2, 0.25) is 0 Å². The van der Waals surface area contributed by atoms with Crippen molar-refractivity contribution in [3.8, 4) is 0 Å². The number of halogens is 4. The monoisotopic (exact) mass is 513 g/mol. The first-order chi connectivity index (χ1) is 16.5. The van der Waals surface area contributed by atoms with E-state index in [2.05, 4.69) is 15.3 Å². The number of nitrogens with zero attached hydrogens (tertiary/aromatic N) is 4. The molecule has 190 valence electrons. The Morgan fingerprint density at radius 1 is 1.14 bits per heavy atom. The first kappa shape index (κ1) is 24.2. The van der Waals surface area contributed by atoms with Gasteiger partial charge in [-0.15, -0.1) is 0 Å².